The van der Waals surface area contributed by atoms with E-state index in [0.29, 0.717) is 12.2 Å². The molecule has 0 aliphatic heterocycles. The summed E-state index contributed by atoms with van der Waals surface area (Å²) in [6.07, 6.45) is 0. The van der Waals surface area contributed by atoms with E-state index >= 15 is 0 Å². The maximum absolute atomic E-state index is 11.9. The van der Waals surface area contributed by atoms with Crippen LogP contribution in [-0.2, 0) is 4.74 Å². The normalized spacial score (nSPS) is 10.2. The molecular formula is C18H19NO2. The van der Waals surface area contributed by atoms with Gasteiger partial charge in [0.1, 0.15) is 0 Å². The number of hydrogen-bond acceptors (Lipinski definition) is 3. The molecule has 3 nitrogen and oxygen atoms in total. The number of hydrogen-bond donors (Lipinski definition) is 1. The van der Waals surface area contributed by atoms with Gasteiger partial charge in [-0.1, -0.05) is 42.5 Å². The Bertz CT molecular complexity index is 672. The van der Waals surface area contributed by atoms with E-state index in [4.69, 9.17) is 10.1 Å². The largest absolute Gasteiger partial charge is 0.476 e. The highest BCUT2D eigenvalue weighted by Gasteiger charge is 2.13. The highest BCUT2D eigenvalue weighted by atomic mass is 16.5. The summed E-state index contributed by atoms with van der Waals surface area (Å²) in [7, 11) is 0. The quantitative estimate of drug-likeness (QED) is 0.519. The van der Waals surface area contributed by atoms with Crippen LogP contribution in [0.2, 0.25) is 0 Å². The second kappa shape index (κ2) is 6.35. The van der Waals surface area contributed by atoms with Crippen LogP contribution in [0.25, 0.3) is 11.1 Å². The summed E-state index contributed by atoms with van der Waals surface area (Å²) in [6, 6.07) is 13.6. The zero-order valence-corrected chi connectivity index (χ0v) is 12.6. The third-order valence-electron chi connectivity index (χ3n) is 3.48. The number of carbonyl (C=O) groups is 1. The van der Waals surface area contributed by atoms with Gasteiger partial charge in [0.2, 0.25) is 5.78 Å². The predicted octanol–water partition coefficient (Wildman–Crippen LogP) is 4.17. The molecule has 21 heavy (non-hydrogen) atoms. The maximum atomic E-state index is 11.9. The van der Waals surface area contributed by atoms with Gasteiger partial charge in [-0.25, -0.2) is 0 Å². The Morgan fingerprint density at radius 3 is 2.19 bits per heavy atom. The number of nitrogens with one attached hydrogen (secondary N) is 1. The molecule has 0 amide bonds. The second-order valence-corrected chi connectivity index (χ2v) is 4.97. The number of rotatable bonds is 4. The molecule has 2 aromatic rings. The lowest BCUT2D eigenvalue weighted by atomic mass is 9.99. The Morgan fingerprint density at radius 2 is 1.62 bits per heavy atom. The summed E-state index contributed by atoms with van der Waals surface area (Å²) in [6.45, 7) is 6.25. The third kappa shape index (κ3) is 3.37. The summed E-state index contributed by atoms with van der Waals surface area (Å²) in [5.41, 5.74) is 5.15. The Hall–Kier alpha value is -2.42. The number of Topliss-reactive ketones (excluding diaryl/α,β-unsaturated/α-hetero) is 1. The SMILES string of the molecule is CCOC(=N)C(=O)c1ccc(-c2ccc(C)c(C)c2)cc1. The molecule has 108 valence electrons. The first-order valence-corrected chi connectivity index (χ1v) is 6.96. The van der Waals surface area contributed by atoms with Crippen LogP contribution >= 0.6 is 0 Å². The average molecular weight is 281 g/mol. The number of benzene rings is 2. The van der Waals surface area contributed by atoms with Gasteiger partial charge in [0.05, 0.1) is 6.61 Å². The van der Waals surface area contributed by atoms with Crippen molar-refractivity contribution < 1.29 is 9.53 Å². The van der Waals surface area contributed by atoms with Gasteiger partial charge in [-0.05, 0) is 43.0 Å². The monoisotopic (exact) mass is 281 g/mol. The third-order valence-corrected chi connectivity index (χ3v) is 3.48. The minimum Gasteiger partial charge on any atom is -0.476 e. The molecule has 2 rings (SSSR count). The molecule has 0 aromatic heterocycles. The van der Waals surface area contributed by atoms with E-state index in [9.17, 15) is 4.79 Å². The van der Waals surface area contributed by atoms with Crippen LogP contribution in [0.5, 0.6) is 0 Å². The summed E-state index contributed by atoms with van der Waals surface area (Å²) in [5, 5.41) is 7.53. The van der Waals surface area contributed by atoms with Crippen LogP contribution in [-0.4, -0.2) is 18.3 Å². The summed E-state index contributed by atoms with van der Waals surface area (Å²) in [5.74, 6) is -0.695. The summed E-state index contributed by atoms with van der Waals surface area (Å²) >= 11 is 0. The molecule has 0 saturated carbocycles. The first kappa shape index (κ1) is 15.0. The molecule has 0 radical (unpaired) electrons. The van der Waals surface area contributed by atoms with E-state index < -0.39 is 0 Å². The molecule has 0 bridgehead atoms. The van der Waals surface area contributed by atoms with Gasteiger partial charge in [0.25, 0.3) is 5.90 Å². The molecule has 0 unspecified atom stereocenters. The molecule has 0 aliphatic rings. The van der Waals surface area contributed by atoms with Crippen LogP contribution in [0.3, 0.4) is 0 Å². The molecule has 0 heterocycles. The lowest BCUT2D eigenvalue weighted by Crippen LogP contribution is -2.16. The van der Waals surface area contributed by atoms with Gasteiger partial charge in [-0.2, -0.15) is 0 Å². The predicted molar refractivity (Wildman–Crippen MR) is 85.0 cm³/mol. The van der Waals surface area contributed by atoms with E-state index in [2.05, 4.69) is 32.0 Å². The molecule has 3 heteroatoms. The highest BCUT2D eigenvalue weighted by molar-refractivity contribution is 6.41. The maximum Gasteiger partial charge on any atom is 0.255 e. The van der Waals surface area contributed by atoms with Gasteiger partial charge in [-0.15, -0.1) is 0 Å². The van der Waals surface area contributed by atoms with Crippen LogP contribution in [0.1, 0.15) is 28.4 Å². The van der Waals surface area contributed by atoms with Gasteiger partial charge < -0.3 is 4.74 Å². The van der Waals surface area contributed by atoms with Crippen LogP contribution in [0.4, 0.5) is 0 Å². The van der Waals surface area contributed by atoms with Crippen LogP contribution in [0.15, 0.2) is 42.5 Å². The molecule has 0 aliphatic carbocycles. The van der Waals surface area contributed by atoms with Crippen LogP contribution in [0, 0.1) is 19.3 Å². The van der Waals surface area contributed by atoms with Crippen molar-refractivity contribution >= 4 is 11.7 Å². The van der Waals surface area contributed by atoms with Crippen molar-refractivity contribution in [2.45, 2.75) is 20.8 Å². The van der Waals surface area contributed by atoms with Crippen molar-refractivity contribution in [2.24, 2.45) is 0 Å². The number of aryl methyl sites for hydroxylation is 2. The first-order chi connectivity index (χ1) is 10.0. The fourth-order valence-electron chi connectivity index (χ4n) is 2.08. The van der Waals surface area contributed by atoms with Crippen molar-refractivity contribution in [1.82, 2.24) is 0 Å². The Morgan fingerprint density at radius 1 is 1.00 bits per heavy atom. The van der Waals surface area contributed by atoms with Gasteiger partial charge in [-0.3, -0.25) is 10.2 Å². The second-order valence-electron chi connectivity index (χ2n) is 4.97. The van der Waals surface area contributed by atoms with Crippen molar-refractivity contribution in [2.75, 3.05) is 6.61 Å². The fourth-order valence-corrected chi connectivity index (χ4v) is 2.08. The van der Waals surface area contributed by atoms with Gasteiger partial charge >= 0.3 is 0 Å². The Balaban J connectivity index is 2.24. The Labute approximate surface area is 125 Å². The van der Waals surface area contributed by atoms with Crippen LogP contribution < -0.4 is 0 Å². The lowest BCUT2D eigenvalue weighted by Gasteiger charge is -2.07. The van der Waals surface area contributed by atoms with Crippen molar-refractivity contribution in [3.8, 4) is 11.1 Å². The number of ketones is 1. The molecular weight excluding hydrogens is 262 g/mol. The van der Waals surface area contributed by atoms with E-state index in [0.717, 1.165) is 11.1 Å². The highest BCUT2D eigenvalue weighted by Crippen LogP contribution is 2.22. The van der Waals surface area contributed by atoms with Crippen molar-refractivity contribution in [3.05, 3.63) is 59.2 Å². The summed E-state index contributed by atoms with van der Waals surface area (Å²) in [4.78, 5) is 11.9. The minimum atomic E-state index is -0.386. The van der Waals surface area contributed by atoms with Crippen molar-refractivity contribution in [1.29, 1.82) is 5.41 Å². The minimum absolute atomic E-state index is 0.309. The zero-order chi connectivity index (χ0) is 15.4. The molecule has 0 fully saturated rings. The summed E-state index contributed by atoms with van der Waals surface area (Å²) < 4.78 is 4.94. The standard InChI is InChI=1S/C18H19NO2/c1-4-21-18(19)17(20)15-9-7-14(8-10-15)16-6-5-12(2)13(3)11-16/h5-11,19H,4H2,1-3H3. The van der Waals surface area contributed by atoms with Gasteiger partial charge in [0, 0.05) is 5.56 Å². The molecule has 2 aromatic carbocycles. The van der Waals surface area contributed by atoms with E-state index in [-0.39, 0.29) is 11.7 Å². The topological polar surface area (TPSA) is 50.1 Å². The average Bonchev–Trinajstić information content (AvgIpc) is 2.50. The zero-order valence-electron chi connectivity index (χ0n) is 12.6. The van der Waals surface area contributed by atoms with Crippen molar-refractivity contribution in [3.63, 3.8) is 0 Å². The van der Waals surface area contributed by atoms with E-state index in [1.54, 1.807) is 19.1 Å². The molecule has 0 atom stereocenters. The number of ether oxygens (including phenoxy) is 1. The van der Waals surface area contributed by atoms with E-state index in [1.165, 1.54) is 11.1 Å². The molecule has 0 spiro atoms. The van der Waals surface area contributed by atoms with Gasteiger partial charge in [0.15, 0.2) is 0 Å². The number of carbonyl (C=O) groups excluding carboxylic acids is 1. The first-order valence-electron chi connectivity index (χ1n) is 6.96. The Kier molecular flexibility index (Phi) is 4.53. The molecule has 1 N–H and O–H groups in total. The van der Waals surface area contributed by atoms with E-state index in [1.807, 2.05) is 12.1 Å². The smallest absolute Gasteiger partial charge is 0.255 e. The lowest BCUT2D eigenvalue weighted by molar-refractivity contribution is 0.103. The fraction of sp³-hybridized carbons (Fsp3) is 0.222. The molecule has 0 saturated heterocycles.